The van der Waals surface area contributed by atoms with Gasteiger partial charge in [0.25, 0.3) is 0 Å². The van der Waals surface area contributed by atoms with E-state index in [4.69, 9.17) is 5.11 Å². The van der Waals surface area contributed by atoms with Gasteiger partial charge in [-0.1, -0.05) is 30.3 Å². The summed E-state index contributed by atoms with van der Waals surface area (Å²) in [5, 5.41) is 11.2. The first kappa shape index (κ1) is 19.0. The first-order chi connectivity index (χ1) is 11.9. The summed E-state index contributed by atoms with van der Waals surface area (Å²) in [6.45, 7) is -0.692. The largest absolute Gasteiger partial charge is 0.395 e. The molecule has 25 heavy (non-hydrogen) atoms. The molecule has 8 heteroatoms. The Kier molecular flexibility index (Phi) is 6.63. The Morgan fingerprint density at radius 3 is 2.32 bits per heavy atom. The van der Waals surface area contributed by atoms with E-state index in [-0.39, 0.29) is 24.6 Å². The molecular weight excluding hydrogens is 347 g/mol. The minimum absolute atomic E-state index is 0.0363. The first-order valence-corrected chi connectivity index (χ1v) is 9.04. The molecule has 0 bridgehead atoms. The van der Waals surface area contributed by atoms with Gasteiger partial charge in [-0.2, -0.15) is 4.31 Å². The van der Waals surface area contributed by atoms with E-state index >= 15 is 0 Å². The summed E-state index contributed by atoms with van der Waals surface area (Å²) >= 11 is 0. The van der Waals surface area contributed by atoms with Crippen LogP contribution in [-0.2, 0) is 21.4 Å². The van der Waals surface area contributed by atoms with Crippen molar-refractivity contribution in [3.63, 3.8) is 0 Å². The van der Waals surface area contributed by atoms with Gasteiger partial charge in [0.1, 0.15) is 5.82 Å². The maximum Gasteiger partial charge on any atom is 0.243 e. The highest BCUT2D eigenvalue weighted by atomic mass is 32.2. The Labute approximate surface area is 146 Å². The van der Waals surface area contributed by atoms with Gasteiger partial charge in [0.05, 0.1) is 18.0 Å². The fraction of sp³-hybridized carbons (Fsp3) is 0.235. The van der Waals surface area contributed by atoms with Crippen LogP contribution >= 0.6 is 0 Å². The molecule has 2 aromatic rings. The highest BCUT2D eigenvalue weighted by molar-refractivity contribution is 7.89. The minimum atomic E-state index is -3.91. The molecule has 0 spiro atoms. The van der Waals surface area contributed by atoms with E-state index in [0.29, 0.717) is 5.56 Å². The quantitative estimate of drug-likeness (QED) is 0.733. The molecule has 2 rings (SSSR count). The van der Waals surface area contributed by atoms with E-state index in [2.05, 4.69) is 5.32 Å². The molecule has 0 atom stereocenters. The second kappa shape index (κ2) is 8.70. The zero-order valence-electron chi connectivity index (χ0n) is 13.4. The van der Waals surface area contributed by atoms with Crippen LogP contribution in [0.4, 0.5) is 4.39 Å². The van der Waals surface area contributed by atoms with Crippen molar-refractivity contribution in [2.45, 2.75) is 11.4 Å². The minimum Gasteiger partial charge on any atom is -0.395 e. The fourth-order valence-electron chi connectivity index (χ4n) is 2.17. The summed E-state index contributed by atoms with van der Waals surface area (Å²) in [4.78, 5) is 12.0. The maximum atomic E-state index is 13.1. The number of sulfonamides is 1. The van der Waals surface area contributed by atoms with Crippen molar-refractivity contribution in [3.05, 3.63) is 66.0 Å². The number of aliphatic hydroxyl groups excluding tert-OH is 1. The predicted octanol–water partition coefficient (Wildman–Crippen LogP) is 1.13. The Bertz CT molecular complexity index is 795. The summed E-state index contributed by atoms with van der Waals surface area (Å²) < 4.78 is 39.7. The van der Waals surface area contributed by atoms with Gasteiger partial charge >= 0.3 is 0 Å². The third-order valence-corrected chi connectivity index (χ3v) is 5.21. The summed E-state index contributed by atoms with van der Waals surface area (Å²) in [6.07, 6.45) is 0. The second-order valence-corrected chi connectivity index (χ2v) is 7.22. The number of benzene rings is 2. The normalized spacial score (nSPS) is 11.5. The average Bonchev–Trinajstić information content (AvgIpc) is 2.62. The highest BCUT2D eigenvalue weighted by Crippen LogP contribution is 2.18. The number of aliphatic hydroxyl groups is 1. The van der Waals surface area contributed by atoms with Crippen LogP contribution in [0, 0.1) is 5.82 Å². The van der Waals surface area contributed by atoms with Crippen molar-refractivity contribution in [1.82, 2.24) is 9.62 Å². The summed E-state index contributed by atoms with van der Waals surface area (Å²) in [7, 11) is -3.91. The molecule has 0 saturated carbocycles. The second-order valence-electron chi connectivity index (χ2n) is 5.29. The van der Waals surface area contributed by atoms with Crippen molar-refractivity contribution < 1.29 is 22.7 Å². The molecule has 2 aromatic carbocycles. The lowest BCUT2D eigenvalue weighted by atomic mass is 10.2. The van der Waals surface area contributed by atoms with Crippen molar-refractivity contribution in [2.75, 3.05) is 19.7 Å². The van der Waals surface area contributed by atoms with Crippen LogP contribution in [0.2, 0.25) is 0 Å². The Hall–Kier alpha value is -2.29. The number of amides is 1. The number of hydrogen-bond donors (Lipinski definition) is 2. The lowest BCUT2D eigenvalue weighted by Gasteiger charge is -2.22. The van der Waals surface area contributed by atoms with E-state index < -0.39 is 28.3 Å². The molecule has 0 fully saturated rings. The maximum absolute atomic E-state index is 13.1. The summed E-state index contributed by atoms with van der Waals surface area (Å²) in [6, 6.07) is 13.2. The van der Waals surface area contributed by atoms with Crippen LogP contribution < -0.4 is 5.32 Å². The number of hydrogen-bond acceptors (Lipinski definition) is 4. The third kappa shape index (κ3) is 5.35. The molecule has 2 N–H and O–H groups in total. The molecule has 0 aliphatic heterocycles. The number of rotatable bonds is 8. The molecule has 134 valence electrons. The average molecular weight is 366 g/mol. The van der Waals surface area contributed by atoms with Crippen LogP contribution in [0.25, 0.3) is 0 Å². The molecule has 0 radical (unpaired) electrons. The van der Waals surface area contributed by atoms with Crippen molar-refractivity contribution in [3.8, 4) is 0 Å². The van der Waals surface area contributed by atoms with Crippen LogP contribution in [0.1, 0.15) is 5.56 Å². The van der Waals surface area contributed by atoms with Crippen molar-refractivity contribution in [2.24, 2.45) is 0 Å². The van der Waals surface area contributed by atoms with Gasteiger partial charge in [-0.25, -0.2) is 12.8 Å². The van der Waals surface area contributed by atoms with Gasteiger partial charge in [0, 0.05) is 13.1 Å². The van der Waals surface area contributed by atoms with Crippen molar-refractivity contribution in [1.29, 1.82) is 0 Å². The predicted molar refractivity (Wildman–Crippen MR) is 90.5 cm³/mol. The van der Waals surface area contributed by atoms with Crippen molar-refractivity contribution >= 4 is 15.9 Å². The molecule has 0 aromatic heterocycles. The standard InChI is InChI=1S/C17H19FN2O4S/c18-15-8-6-14(7-9-15)12-20(13-17(22)19-10-11-21)25(23,24)16-4-2-1-3-5-16/h1-9,21H,10-13H2,(H,19,22). The SMILES string of the molecule is O=C(CN(Cc1ccc(F)cc1)S(=O)(=O)c1ccccc1)NCCO. The zero-order valence-corrected chi connectivity index (χ0v) is 14.2. The smallest absolute Gasteiger partial charge is 0.243 e. The van der Waals surface area contributed by atoms with E-state index in [0.717, 1.165) is 4.31 Å². The van der Waals surface area contributed by atoms with Gasteiger partial charge in [0.2, 0.25) is 15.9 Å². The van der Waals surface area contributed by atoms with Crippen LogP contribution in [-0.4, -0.2) is 43.4 Å². The molecular formula is C17H19FN2O4S. The number of nitrogens with zero attached hydrogens (tertiary/aromatic N) is 1. The van der Waals surface area contributed by atoms with Gasteiger partial charge in [0.15, 0.2) is 0 Å². The van der Waals surface area contributed by atoms with Crippen LogP contribution in [0.3, 0.4) is 0 Å². The Morgan fingerprint density at radius 2 is 1.72 bits per heavy atom. The Balaban J connectivity index is 2.27. The van der Waals surface area contributed by atoms with Gasteiger partial charge < -0.3 is 10.4 Å². The van der Waals surface area contributed by atoms with Gasteiger partial charge in [-0.3, -0.25) is 4.79 Å². The zero-order chi connectivity index (χ0) is 18.3. The molecule has 0 aliphatic rings. The molecule has 0 saturated heterocycles. The van der Waals surface area contributed by atoms with E-state index in [1.54, 1.807) is 18.2 Å². The summed E-state index contributed by atoms with van der Waals surface area (Å²) in [5.41, 5.74) is 0.552. The van der Waals surface area contributed by atoms with Gasteiger partial charge in [-0.15, -0.1) is 0 Å². The monoisotopic (exact) mass is 366 g/mol. The third-order valence-electron chi connectivity index (χ3n) is 3.41. The fourth-order valence-corrected chi connectivity index (χ4v) is 3.58. The number of nitrogens with one attached hydrogen (secondary N) is 1. The molecule has 1 amide bonds. The number of halogens is 1. The molecule has 0 heterocycles. The lowest BCUT2D eigenvalue weighted by Crippen LogP contribution is -2.41. The van der Waals surface area contributed by atoms with E-state index in [1.165, 1.54) is 36.4 Å². The Morgan fingerprint density at radius 1 is 1.08 bits per heavy atom. The number of carbonyl (C=O) groups is 1. The topological polar surface area (TPSA) is 86.7 Å². The van der Waals surface area contributed by atoms with E-state index in [1.807, 2.05) is 0 Å². The van der Waals surface area contributed by atoms with E-state index in [9.17, 15) is 17.6 Å². The molecule has 0 aliphatic carbocycles. The summed E-state index contributed by atoms with van der Waals surface area (Å²) in [5.74, 6) is -0.961. The van der Waals surface area contributed by atoms with Gasteiger partial charge in [-0.05, 0) is 29.8 Å². The van der Waals surface area contributed by atoms with Crippen LogP contribution in [0.15, 0.2) is 59.5 Å². The van der Waals surface area contributed by atoms with Crippen LogP contribution in [0.5, 0.6) is 0 Å². The lowest BCUT2D eigenvalue weighted by molar-refractivity contribution is -0.121. The highest BCUT2D eigenvalue weighted by Gasteiger charge is 2.26. The first-order valence-electron chi connectivity index (χ1n) is 7.60. The molecule has 6 nitrogen and oxygen atoms in total. The number of carbonyl (C=O) groups excluding carboxylic acids is 1. The molecule has 0 unspecified atom stereocenters.